The summed E-state index contributed by atoms with van der Waals surface area (Å²) in [5.41, 5.74) is 1.81. The molecule has 0 bridgehead atoms. The van der Waals surface area contributed by atoms with Gasteiger partial charge in [-0.2, -0.15) is 0 Å². The highest BCUT2D eigenvalue weighted by atomic mass is 35.5. The Morgan fingerprint density at radius 3 is 2.44 bits per heavy atom. The lowest BCUT2D eigenvalue weighted by Gasteiger charge is -2.14. The summed E-state index contributed by atoms with van der Waals surface area (Å²) in [4.78, 5) is 33.4. The minimum Gasteiger partial charge on any atom is -0.461 e. The Labute approximate surface area is 199 Å². The van der Waals surface area contributed by atoms with Crippen molar-refractivity contribution >= 4 is 28.3 Å². The van der Waals surface area contributed by atoms with Gasteiger partial charge in [-0.15, -0.1) is 0 Å². The molecule has 0 fully saturated rings. The summed E-state index contributed by atoms with van der Waals surface area (Å²) in [5, 5.41) is 20.3. The fourth-order valence-corrected chi connectivity index (χ4v) is 3.80. The lowest BCUT2D eigenvalue weighted by atomic mass is 10.1. The maximum absolute atomic E-state index is 13.4. The number of aliphatic hydroxyl groups is 2. The topological polar surface area (TPSA) is 126 Å². The first-order valence-electron chi connectivity index (χ1n) is 10.7. The van der Waals surface area contributed by atoms with Gasteiger partial charge in [0.2, 0.25) is 5.62 Å². The number of rotatable bonds is 7. The second kappa shape index (κ2) is 9.84. The normalized spacial score (nSPS) is 12.2. The molecule has 0 aliphatic rings. The Kier molecular flexibility index (Phi) is 6.87. The van der Waals surface area contributed by atoms with Crippen LogP contribution in [0.5, 0.6) is 0 Å². The molecule has 0 radical (unpaired) electrons. The van der Waals surface area contributed by atoms with E-state index >= 15 is 0 Å². The second-order valence-corrected chi connectivity index (χ2v) is 8.60. The molecule has 0 atom stereocenters. The van der Waals surface area contributed by atoms with E-state index < -0.39 is 17.3 Å². The summed E-state index contributed by atoms with van der Waals surface area (Å²) in [5.74, 6) is 0.156. The van der Waals surface area contributed by atoms with Crippen molar-refractivity contribution in [3.8, 4) is 0 Å². The monoisotopic (exact) mass is 484 g/mol. The fourth-order valence-electron chi connectivity index (χ4n) is 3.67. The number of nitrogens with zero attached hydrogens (tertiary/aromatic N) is 3. The molecular weight excluding hydrogens is 460 g/mol. The zero-order chi connectivity index (χ0) is 24.4. The van der Waals surface area contributed by atoms with Gasteiger partial charge in [0.25, 0.3) is 0 Å². The highest BCUT2D eigenvalue weighted by Gasteiger charge is 2.15. The van der Waals surface area contributed by atoms with Gasteiger partial charge in [0.05, 0.1) is 12.2 Å². The van der Waals surface area contributed by atoms with E-state index in [1.807, 2.05) is 19.9 Å². The largest absolute Gasteiger partial charge is 0.461 e. The Bertz CT molecular complexity index is 1510. The third-order valence-corrected chi connectivity index (χ3v) is 6.04. The molecule has 0 amide bonds. The average molecular weight is 485 g/mol. The third-order valence-electron chi connectivity index (χ3n) is 5.79. The van der Waals surface area contributed by atoms with Crippen molar-refractivity contribution in [2.45, 2.75) is 26.9 Å². The van der Waals surface area contributed by atoms with Crippen molar-refractivity contribution in [2.75, 3.05) is 13.2 Å². The van der Waals surface area contributed by atoms with Crippen LogP contribution < -0.4 is 17.0 Å². The summed E-state index contributed by atoms with van der Waals surface area (Å²) < 4.78 is 8.02. The van der Waals surface area contributed by atoms with Gasteiger partial charge >= 0.3 is 11.4 Å². The quantitative estimate of drug-likeness (QED) is 0.371. The minimum absolute atomic E-state index is 0.0722. The molecule has 2 heterocycles. The van der Waals surface area contributed by atoms with Crippen molar-refractivity contribution in [3.05, 3.63) is 91.0 Å². The van der Waals surface area contributed by atoms with E-state index in [0.29, 0.717) is 10.7 Å². The van der Waals surface area contributed by atoms with E-state index in [2.05, 4.69) is 9.98 Å². The Morgan fingerprint density at radius 2 is 1.76 bits per heavy atom. The number of halogens is 1. The number of aromatic amines is 1. The number of hydrogen-bond donors (Lipinski definition) is 3. The number of aryl methyl sites for hydroxylation is 2. The molecule has 0 saturated heterocycles. The number of H-pyrrole nitrogens is 1. The third kappa shape index (κ3) is 4.77. The summed E-state index contributed by atoms with van der Waals surface area (Å²) in [6, 6.07) is 12.4. The van der Waals surface area contributed by atoms with E-state index in [0.717, 1.165) is 32.4 Å². The summed E-state index contributed by atoms with van der Waals surface area (Å²) in [6.45, 7) is 3.09. The number of aromatic nitrogens is 3. The molecule has 178 valence electrons. The van der Waals surface area contributed by atoms with E-state index in [9.17, 15) is 19.8 Å². The first kappa shape index (κ1) is 23.7. The lowest BCUT2D eigenvalue weighted by molar-refractivity contribution is 0.134. The molecule has 4 rings (SSSR count). The van der Waals surface area contributed by atoms with Gasteiger partial charge in [0.15, 0.2) is 0 Å². The summed E-state index contributed by atoms with van der Waals surface area (Å²) in [7, 11) is 0. The van der Waals surface area contributed by atoms with Crippen LogP contribution in [0.3, 0.4) is 0 Å². The first-order chi connectivity index (χ1) is 16.3. The van der Waals surface area contributed by atoms with Crippen molar-refractivity contribution in [3.63, 3.8) is 0 Å². The van der Waals surface area contributed by atoms with Crippen molar-refractivity contribution in [1.29, 1.82) is 0 Å². The Hall–Kier alpha value is -3.40. The van der Waals surface area contributed by atoms with Crippen molar-refractivity contribution < 1.29 is 14.6 Å². The van der Waals surface area contributed by atoms with Crippen LogP contribution in [0.15, 0.2) is 61.5 Å². The van der Waals surface area contributed by atoms with Gasteiger partial charge in [0.1, 0.15) is 11.3 Å². The van der Waals surface area contributed by atoms with Crippen LogP contribution >= 0.6 is 11.6 Å². The summed E-state index contributed by atoms with van der Waals surface area (Å²) >= 11 is 5.99. The number of hydrogen-bond acceptors (Lipinski definition) is 6. The molecule has 2 aromatic heterocycles. The Balaban J connectivity index is 1.90. The number of aliphatic hydroxyl groups excluding tert-OH is 2. The number of benzene rings is 2. The highest BCUT2D eigenvalue weighted by Crippen LogP contribution is 2.28. The molecule has 2 aromatic carbocycles. The van der Waals surface area contributed by atoms with E-state index in [1.54, 1.807) is 36.4 Å². The van der Waals surface area contributed by atoms with Crippen LogP contribution in [0, 0.1) is 19.8 Å². The fraction of sp³-hybridized carbons (Fsp3) is 0.292. The minimum atomic E-state index is -0.681. The maximum atomic E-state index is 13.4. The maximum Gasteiger partial charge on any atom is 0.335 e. The van der Waals surface area contributed by atoms with Crippen molar-refractivity contribution in [2.24, 2.45) is 10.9 Å². The predicted octanol–water partition coefficient (Wildman–Crippen LogP) is 2.24. The molecule has 0 saturated carbocycles. The molecule has 0 unspecified atom stereocenters. The molecule has 0 aliphatic heterocycles. The van der Waals surface area contributed by atoms with Crippen LogP contribution in [0.25, 0.3) is 11.0 Å². The number of fused-ring (bicyclic) bond motifs is 1. The van der Waals surface area contributed by atoms with E-state index in [4.69, 9.17) is 16.0 Å². The second-order valence-electron chi connectivity index (χ2n) is 8.17. The van der Waals surface area contributed by atoms with Gasteiger partial charge in [-0.3, -0.25) is 9.55 Å². The van der Waals surface area contributed by atoms with Gasteiger partial charge < -0.3 is 14.6 Å². The van der Waals surface area contributed by atoms with Crippen molar-refractivity contribution in [1.82, 2.24) is 14.1 Å². The zero-order valence-electron chi connectivity index (χ0n) is 18.8. The van der Waals surface area contributed by atoms with Crippen LogP contribution in [0.2, 0.25) is 5.02 Å². The van der Waals surface area contributed by atoms with Gasteiger partial charge in [-0.25, -0.2) is 19.1 Å². The zero-order valence-corrected chi connectivity index (χ0v) is 19.5. The molecule has 9 nitrogen and oxygen atoms in total. The van der Waals surface area contributed by atoms with Gasteiger partial charge in [-0.1, -0.05) is 23.7 Å². The highest BCUT2D eigenvalue weighted by molar-refractivity contribution is 6.30. The first-order valence-corrected chi connectivity index (χ1v) is 11.1. The molecule has 0 spiro atoms. The smallest absolute Gasteiger partial charge is 0.335 e. The molecular formula is C24H25ClN4O5. The molecule has 10 heteroatoms. The lowest BCUT2D eigenvalue weighted by Crippen LogP contribution is -2.51. The van der Waals surface area contributed by atoms with Crippen LogP contribution in [-0.4, -0.2) is 37.5 Å². The molecule has 4 aromatic rings. The number of nitrogens with one attached hydrogen (secondary N) is 1. The molecule has 34 heavy (non-hydrogen) atoms. The van der Waals surface area contributed by atoms with Gasteiger partial charge in [-0.05, 0) is 55.3 Å². The van der Waals surface area contributed by atoms with E-state index in [-0.39, 0.29) is 31.9 Å². The van der Waals surface area contributed by atoms with Gasteiger partial charge in [0, 0.05) is 36.1 Å². The SMILES string of the molecule is Cc1oc2ccc(/N=c3\[nH]c(=O)n(CC(CO)CO)c(=O)n3Cc3ccc(Cl)cc3)cc2c1C. The summed E-state index contributed by atoms with van der Waals surface area (Å²) in [6.07, 6.45) is 0. The average Bonchev–Trinajstić information content (AvgIpc) is 3.11. The Morgan fingerprint density at radius 1 is 1.06 bits per heavy atom. The predicted molar refractivity (Wildman–Crippen MR) is 128 cm³/mol. The van der Waals surface area contributed by atoms with Crippen LogP contribution in [-0.2, 0) is 13.1 Å². The van der Waals surface area contributed by atoms with E-state index in [1.165, 1.54) is 4.57 Å². The number of furan rings is 1. The molecule has 3 N–H and O–H groups in total. The molecule has 0 aliphatic carbocycles. The standard InChI is InChI=1S/C24H25ClN4O5/c1-14-15(2)34-21-8-7-19(9-20(14)21)26-22-27-23(32)29(11-17(12-30)13-31)24(33)28(22)10-16-3-5-18(25)6-4-16/h3-9,17,30-31H,10-13H2,1-2H3,(H,26,27,32). The van der Waals surface area contributed by atoms with Crippen LogP contribution in [0.1, 0.15) is 16.9 Å². The van der Waals surface area contributed by atoms with Crippen LogP contribution in [0.4, 0.5) is 5.69 Å².